The first-order valence-corrected chi connectivity index (χ1v) is 6.85. The molecule has 22 heavy (non-hydrogen) atoms. The van der Waals surface area contributed by atoms with Gasteiger partial charge in [-0.1, -0.05) is 12.8 Å². The lowest BCUT2D eigenvalue weighted by molar-refractivity contribution is -0.490. The van der Waals surface area contributed by atoms with E-state index >= 15 is 0 Å². The predicted octanol–water partition coefficient (Wildman–Crippen LogP) is -0.213. The molecule has 1 fully saturated rings. The zero-order valence-corrected chi connectivity index (χ0v) is 12.2. The number of amides is 1. The van der Waals surface area contributed by atoms with E-state index in [1.54, 1.807) is 6.92 Å². The zero-order valence-electron chi connectivity index (χ0n) is 12.2. The molecule has 0 aromatic carbocycles. The van der Waals surface area contributed by atoms with Crippen LogP contribution in [-0.2, 0) is 19.1 Å². The molecule has 1 rings (SSSR count). The summed E-state index contributed by atoms with van der Waals surface area (Å²) >= 11 is 0. The van der Waals surface area contributed by atoms with Crippen LogP contribution in [0.4, 0.5) is 0 Å². The summed E-state index contributed by atoms with van der Waals surface area (Å²) in [4.78, 5) is 45.0. The fourth-order valence-corrected chi connectivity index (χ4v) is 2.59. The van der Waals surface area contributed by atoms with Gasteiger partial charge in [0.15, 0.2) is 6.61 Å². The molecule has 1 aliphatic rings. The number of ether oxygens (including phenoxy) is 1. The third-order valence-corrected chi connectivity index (χ3v) is 3.68. The average molecular weight is 310 g/mol. The number of carbonyl (C=O) groups is 3. The molecule has 0 saturated heterocycles. The highest BCUT2D eigenvalue weighted by Crippen LogP contribution is 2.36. The first-order valence-electron chi connectivity index (χ1n) is 6.85. The van der Waals surface area contributed by atoms with E-state index in [9.17, 15) is 24.5 Å². The highest BCUT2D eigenvalue weighted by molar-refractivity contribution is 5.88. The summed E-state index contributed by atoms with van der Waals surface area (Å²) < 4.78 is 4.76. The van der Waals surface area contributed by atoms with Gasteiger partial charge in [0, 0.05) is 23.2 Å². The maximum atomic E-state index is 11.9. The number of nitro groups is 1. The standard InChI is InChI=1S/C14H18N2O6/c1-3-4-15-13(18)8-22-14(19)6-10-11(7-16(20)21)9(2)5-12(10)17/h1,9-11H,4-8H2,2H3,(H,15,18)/t9-,10-,11-/m1/s1. The van der Waals surface area contributed by atoms with Gasteiger partial charge in [0.1, 0.15) is 5.78 Å². The number of esters is 1. The van der Waals surface area contributed by atoms with Crippen molar-refractivity contribution in [3.05, 3.63) is 10.1 Å². The van der Waals surface area contributed by atoms with Crippen molar-refractivity contribution in [1.29, 1.82) is 0 Å². The Morgan fingerprint density at radius 3 is 2.82 bits per heavy atom. The van der Waals surface area contributed by atoms with E-state index in [0.717, 1.165) is 0 Å². The molecule has 1 aliphatic carbocycles. The van der Waals surface area contributed by atoms with Gasteiger partial charge >= 0.3 is 5.97 Å². The number of nitrogens with zero attached hydrogens (tertiary/aromatic N) is 1. The lowest BCUT2D eigenvalue weighted by Crippen LogP contribution is -2.31. The first-order chi connectivity index (χ1) is 10.3. The second-order valence-electron chi connectivity index (χ2n) is 5.28. The number of ketones is 1. The van der Waals surface area contributed by atoms with Crippen molar-refractivity contribution in [3.63, 3.8) is 0 Å². The Morgan fingerprint density at radius 1 is 1.55 bits per heavy atom. The summed E-state index contributed by atoms with van der Waals surface area (Å²) in [7, 11) is 0. The maximum absolute atomic E-state index is 11.9. The van der Waals surface area contributed by atoms with Gasteiger partial charge in [0.05, 0.1) is 13.0 Å². The number of hydrogen-bond donors (Lipinski definition) is 1. The fraction of sp³-hybridized carbons (Fsp3) is 0.643. The molecule has 8 heteroatoms. The molecule has 0 aromatic rings. The minimum atomic E-state index is -0.725. The van der Waals surface area contributed by atoms with Crippen LogP contribution < -0.4 is 5.32 Å². The molecule has 0 bridgehead atoms. The number of Topliss-reactive ketones (excluding diaryl/α,β-unsaturated/α-hetero) is 1. The third-order valence-electron chi connectivity index (χ3n) is 3.68. The van der Waals surface area contributed by atoms with E-state index in [1.165, 1.54) is 0 Å². The lowest BCUT2D eigenvalue weighted by Gasteiger charge is -2.16. The molecule has 0 aliphatic heterocycles. The topological polar surface area (TPSA) is 116 Å². The Hall–Kier alpha value is -2.43. The monoisotopic (exact) mass is 310 g/mol. The molecule has 1 N–H and O–H groups in total. The quantitative estimate of drug-likeness (QED) is 0.301. The normalized spacial score (nSPS) is 23.6. The summed E-state index contributed by atoms with van der Waals surface area (Å²) in [6.45, 7) is 0.939. The van der Waals surface area contributed by atoms with Crippen LogP contribution in [-0.4, -0.2) is 42.3 Å². The van der Waals surface area contributed by atoms with Gasteiger partial charge in [-0.3, -0.25) is 24.5 Å². The van der Waals surface area contributed by atoms with Gasteiger partial charge in [-0.05, 0) is 5.92 Å². The van der Waals surface area contributed by atoms with Crippen LogP contribution in [0.2, 0.25) is 0 Å². The molecule has 0 radical (unpaired) electrons. The Kier molecular flexibility index (Phi) is 6.50. The van der Waals surface area contributed by atoms with E-state index in [-0.39, 0.29) is 37.6 Å². The summed E-state index contributed by atoms with van der Waals surface area (Å²) in [5.74, 6) is -0.588. The molecular weight excluding hydrogens is 292 g/mol. The van der Waals surface area contributed by atoms with Crippen LogP contribution in [0.15, 0.2) is 0 Å². The average Bonchev–Trinajstić information content (AvgIpc) is 2.69. The minimum Gasteiger partial charge on any atom is -0.456 e. The van der Waals surface area contributed by atoms with Crippen molar-refractivity contribution in [1.82, 2.24) is 5.32 Å². The third kappa shape index (κ3) is 5.16. The summed E-state index contributed by atoms with van der Waals surface area (Å²) in [6, 6.07) is 0. The predicted molar refractivity (Wildman–Crippen MR) is 75.0 cm³/mol. The second-order valence-corrected chi connectivity index (χ2v) is 5.28. The molecule has 0 aromatic heterocycles. The highest BCUT2D eigenvalue weighted by Gasteiger charge is 2.44. The van der Waals surface area contributed by atoms with Crippen LogP contribution in [0.25, 0.3) is 0 Å². The number of hydrogen-bond acceptors (Lipinski definition) is 6. The van der Waals surface area contributed by atoms with E-state index in [1.807, 2.05) is 0 Å². The van der Waals surface area contributed by atoms with Crippen LogP contribution in [0.3, 0.4) is 0 Å². The number of nitrogens with one attached hydrogen (secondary N) is 1. The van der Waals surface area contributed by atoms with Crippen molar-refractivity contribution in [2.75, 3.05) is 19.7 Å². The van der Waals surface area contributed by atoms with Gasteiger partial charge in [0.2, 0.25) is 6.54 Å². The molecule has 8 nitrogen and oxygen atoms in total. The Labute approximate surface area is 127 Å². The molecule has 1 amide bonds. The summed E-state index contributed by atoms with van der Waals surface area (Å²) in [5.41, 5.74) is 0. The van der Waals surface area contributed by atoms with Gasteiger partial charge < -0.3 is 10.1 Å². The molecular formula is C14H18N2O6. The molecule has 0 heterocycles. The van der Waals surface area contributed by atoms with E-state index in [0.29, 0.717) is 0 Å². The Morgan fingerprint density at radius 2 is 2.23 bits per heavy atom. The molecule has 1 saturated carbocycles. The van der Waals surface area contributed by atoms with Crippen LogP contribution in [0.5, 0.6) is 0 Å². The van der Waals surface area contributed by atoms with Gasteiger partial charge in [-0.15, -0.1) is 6.42 Å². The summed E-state index contributed by atoms with van der Waals surface area (Å²) in [5, 5.41) is 13.0. The maximum Gasteiger partial charge on any atom is 0.307 e. The van der Waals surface area contributed by atoms with Crippen LogP contribution >= 0.6 is 0 Å². The Bertz CT molecular complexity index is 510. The first kappa shape index (κ1) is 17.6. The van der Waals surface area contributed by atoms with Gasteiger partial charge in [-0.25, -0.2) is 0 Å². The minimum absolute atomic E-state index is 0.0277. The molecule has 0 spiro atoms. The van der Waals surface area contributed by atoms with Crippen LogP contribution in [0.1, 0.15) is 19.8 Å². The molecule has 120 valence electrons. The van der Waals surface area contributed by atoms with Gasteiger partial charge in [-0.2, -0.15) is 0 Å². The zero-order chi connectivity index (χ0) is 16.7. The summed E-state index contributed by atoms with van der Waals surface area (Å²) in [6.07, 6.45) is 4.94. The number of terminal acetylenes is 1. The van der Waals surface area contributed by atoms with E-state index in [4.69, 9.17) is 11.2 Å². The van der Waals surface area contributed by atoms with E-state index in [2.05, 4.69) is 11.2 Å². The highest BCUT2D eigenvalue weighted by atomic mass is 16.6. The van der Waals surface area contributed by atoms with Crippen LogP contribution in [0, 0.1) is 40.2 Å². The van der Waals surface area contributed by atoms with Crippen molar-refractivity contribution in [2.45, 2.75) is 19.8 Å². The molecule has 0 unspecified atom stereocenters. The van der Waals surface area contributed by atoms with Gasteiger partial charge in [0.25, 0.3) is 5.91 Å². The van der Waals surface area contributed by atoms with Crippen molar-refractivity contribution in [3.8, 4) is 12.3 Å². The Balaban J connectivity index is 2.51. The number of carbonyl (C=O) groups excluding carboxylic acids is 3. The van der Waals surface area contributed by atoms with Crippen molar-refractivity contribution >= 4 is 17.7 Å². The lowest BCUT2D eigenvalue weighted by atomic mass is 9.88. The SMILES string of the molecule is C#CCNC(=O)COC(=O)C[C@H]1C(=O)C[C@@H](C)[C@H]1C[N+](=O)[O-]. The van der Waals surface area contributed by atoms with Crippen molar-refractivity contribution < 1.29 is 24.0 Å². The molecule has 3 atom stereocenters. The smallest absolute Gasteiger partial charge is 0.307 e. The van der Waals surface area contributed by atoms with E-state index < -0.39 is 35.2 Å². The second kappa shape index (κ2) is 8.12. The fourth-order valence-electron chi connectivity index (χ4n) is 2.59. The largest absolute Gasteiger partial charge is 0.456 e. The number of rotatable bonds is 7. The van der Waals surface area contributed by atoms with Crippen molar-refractivity contribution in [2.24, 2.45) is 17.8 Å².